The number of ether oxygens (including phenoxy) is 1. The van der Waals surface area contributed by atoms with Crippen molar-refractivity contribution in [2.75, 3.05) is 32.8 Å². The molecule has 138 valence electrons. The van der Waals surface area contributed by atoms with Crippen LogP contribution in [0.4, 0.5) is 0 Å². The normalized spacial score (nSPS) is 21.7. The van der Waals surface area contributed by atoms with E-state index < -0.39 is 0 Å². The van der Waals surface area contributed by atoms with Gasteiger partial charge < -0.3 is 15.0 Å². The Balaban J connectivity index is 0.00000144. The fraction of sp³-hybridized carbons (Fsp3) is 0.800. The summed E-state index contributed by atoms with van der Waals surface area (Å²) in [6.07, 6.45) is 7.30. The molecule has 2 aliphatic heterocycles. The van der Waals surface area contributed by atoms with E-state index in [9.17, 15) is 4.79 Å². The summed E-state index contributed by atoms with van der Waals surface area (Å²) in [5.41, 5.74) is 0. The van der Waals surface area contributed by atoms with Gasteiger partial charge in [0.05, 0.1) is 19.3 Å². The molecule has 1 atom stereocenters. The predicted octanol–water partition coefficient (Wildman–Crippen LogP) is 1.13. The average molecular weight is 380 g/mol. The molecule has 1 amide bonds. The van der Waals surface area contributed by atoms with Crippen molar-refractivity contribution in [3.05, 3.63) is 12.7 Å². The number of nitrogens with zero attached hydrogens (tertiary/aromatic N) is 4. The number of piperidine rings is 1. The molecule has 1 aromatic rings. The van der Waals surface area contributed by atoms with Crippen molar-refractivity contribution >= 4 is 30.7 Å². The molecule has 1 aromatic heterocycles. The molecule has 3 heterocycles. The number of morpholine rings is 1. The first-order valence-corrected chi connectivity index (χ1v) is 8.24. The summed E-state index contributed by atoms with van der Waals surface area (Å²) in [7, 11) is 0. The predicted molar refractivity (Wildman–Crippen MR) is 95.7 cm³/mol. The number of nitrogens with one attached hydrogen (secondary N) is 1. The molecule has 0 aliphatic carbocycles. The van der Waals surface area contributed by atoms with Crippen LogP contribution in [0.3, 0.4) is 0 Å². The highest BCUT2D eigenvalue weighted by Crippen LogP contribution is 2.19. The van der Waals surface area contributed by atoms with Gasteiger partial charge in [-0.25, -0.2) is 4.98 Å². The van der Waals surface area contributed by atoms with Gasteiger partial charge in [-0.05, 0) is 38.3 Å². The number of hydrogen-bond acceptors (Lipinski definition) is 5. The van der Waals surface area contributed by atoms with E-state index in [1.54, 1.807) is 11.0 Å². The second kappa shape index (κ2) is 10.9. The molecular weight excluding hydrogens is 353 g/mol. The van der Waals surface area contributed by atoms with E-state index >= 15 is 0 Å². The second-order valence-electron chi connectivity index (χ2n) is 6.18. The summed E-state index contributed by atoms with van der Waals surface area (Å²) < 4.78 is 7.49. The van der Waals surface area contributed by atoms with Crippen molar-refractivity contribution in [3.63, 3.8) is 0 Å². The molecule has 2 aliphatic rings. The lowest BCUT2D eigenvalue weighted by atomic mass is 9.93. The molecule has 1 N–H and O–H groups in total. The van der Waals surface area contributed by atoms with Crippen molar-refractivity contribution in [1.29, 1.82) is 0 Å². The molecule has 9 heteroatoms. The molecule has 0 bridgehead atoms. The van der Waals surface area contributed by atoms with Gasteiger partial charge in [0.15, 0.2) is 0 Å². The molecule has 7 nitrogen and oxygen atoms in total. The Morgan fingerprint density at radius 1 is 1.29 bits per heavy atom. The van der Waals surface area contributed by atoms with Gasteiger partial charge in [-0.15, -0.1) is 24.8 Å². The van der Waals surface area contributed by atoms with Crippen LogP contribution >= 0.6 is 24.8 Å². The lowest BCUT2D eigenvalue weighted by Gasteiger charge is -2.33. The Morgan fingerprint density at radius 3 is 2.79 bits per heavy atom. The Labute approximate surface area is 155 Å². The van der Waals surface area contributed by atoms with Gasteiger partial charge in [-0.2, -0.15) is 5.10 Å². The second-order valence-corrected chi connectivity index (χ2v) is 6.18. The average Bonchev–Trinajstić information content (AvgIpc) is 3.07. The lowest BCUT2D eigenvalue weighted by molar-refractivity contribution is -0.139. The summed E-state index contributed by atoms with van der Waals surface area (Å²) >= 11 is 0. The Morgan fingerprint density at radius 2 is 2.08 bits per heavy atom. The van der Waals surface area contributed by atoms with Crippen LogP contribution < -0.4 is 5.32 Å². The maximum absolute atomic E-state index is 12.4. The summed E-state index contributed by atoms with van der Waals surface area (Å²) in [4.78, 5) is 18.3. The van der Waals surface area contributed by atoms with E-state index in [0.29, 0.717) is 38.6 Å². The third kappa shape index (κ3) is 6.20. The zero-order chi connectivity index (χ0) is 15.2. The number of halogens is 2. The standard InChI is InChI=1S/C15H25N5O2.2ClH/c21-15(2-1-13-3-5-16-6-4-13)19-7-8-22-14(9-19)10-20-12-17-11-18-20;;/h11-14,16H,1-10H2;2*1H. The van der Waals surface area contributed by atoms with E-state index in [1.807, 2.05) is 4.90 Å². The highest BCUT2D eigenvalue weighted by atomic mass is 35.5. The first-order valence-electron chi connectivity index (χ1n) is 8.24. The highest BCUT2D eigenvalue weighted by Gasteiger charge is 2.25. The molecule has 0 aromatic carbocycles. The summed E-state index contributed by atoms with van der Waals surface area (Å²) in [6, 6.07) is 0. The van der Waals surface area contributed by atoms with Gasteiger partial charge in [-0.3, -0.25) is 9.48 Å². The summed E-state index contributed by atoms with van der Waals surface area (Å²) in [6.45, 7) is 4.81. The monoisotopic (exact) mass is 379 g/mol. The van der Waals surface area contributed by atoms with Crippen LogP contribution in [0.2, 0.25) is 0 Å². The third-order valence-electron chi connectivity index (χ3n) is 4.57. The maximum Gasteiger partial charge on any atom is 0.222 e. The zero-order valence-corrected chi connectivity index (χ0v) is 15.4. The Bertz CT molecular complexity index is 468. The van der Waals surface area contributed by atoms with Gasteiger partial charge in [0.2, 0.25) is 5.91 Å². The van der Waals surface area contributed by atoms with Crippen molar-refractivity contribution in [1.82, 2.24) is 25.0 Å². The fourth-order valence-corrected chi connectivity index (χ4v) is 3.25. The molecule has 0 saturated carbocycles. The van der Waals surface area contributed by atoms with Crippen molar-refractivity contribution in [3.8, 4) is 0 Å². The molecule has 0 radical (unpaired) electrons. The van der Waals surface area contributed by atoms with Crippen molar-refractivity contribution in [2.45, 2.75) is 38.3 Å². The van der Waals surface area contributed by atoms with Crippen molar-refractivity contribution < 1.29 is 9.53 Å². The van der Waals surface area contributed by atoms with E-state index in [-0.39, 0.29) is 36.8 Å². The first kappa shape index (κ1) is 21.2. The molecule has 0 spiro atoms. The van der Waals surface area contributed by atoms with Crippen LogP contribution in [-0.2, 0) is 16.1 Å². The van der Waals surface area contributed by atoms with E-state index in [2.05, 4.69) is 15.4 Å². The van der Waals surface area contributed by atoms with Gasteiger partial charge in [0.25, 0.3) is 0 Å². The van der Waals surface area contributed by atoms with Crippen molar-refractivity contribution in [2.24, 2.45) is 5.92 Å². The maximum atomic E-state index is 12.4. The van der Waals surface area contributed by atoms with Crippen LogP contribution in [0.1, 0.15) is 25.7 Å². The van der Waals surface area contributed by atoms with E-state index in [0.717, 1.165) is 19.5 Å². The molecular formula is C15H27Cl2N5O2. The first-order chi connectivity index (χ1) is 10.8. The van der Waals surface area contributed by atoms with Gasteiger partial charge in [-0.1, -0.05) is 0 Å². The summed E-state index contributed by atoms with van der Waals surface area (Å²) in [5.74, 6) is 0.975. The number of hydrogen-bond donors (Lipinski definition) is 1. The van der Waals surface area contributed by atoms with Gasteiger partial charge in [0, 0.05) is 19.5 Å². The number of rotatable bonds is 5. The smallest absolute Gasteiger partial charge is 0.222 e. The topological polar surface area (TPSA) is 72.3 Å². The molecule has 2 fully saturated rings. The lowest BCUT2D eigenvalue weighted by Crippen LogP contribution is -2.47. The molecule has 24 heavy (non-hydrogen) atoms. The number of aromatic nitrogens is 3. The third-order valence-corrected chi connectivity index (χ3v) is 4.57. The highest BCUT2D eigenvalue weighted by molar-refractivity contribution is 5.85. The van der Waals surface area contributed by atoms with Crippen LogP contribution in [0, 0.1) is 5.92 Å². The largest absolute Gasteiger partial charge is 0.373 e. The van der Waals surface area contributed by atoms with Crippen LogP contribution in [-0.4, -0.2) is 64.5 Å². The molecule has 3 rings (SSSR count). The van der Waals surface area contributed by atoms with Crippen LogP contribution in [0.5, 0.6) is 0 Å². The van der Waals surface area contributed by atoms with E-state index in [1.165, 1.54) is 19.2 Å². The minimum Gasteiger partial charge on any atom is -0.373 e. The fourth-order valence-electron chi connectivity index (χ4n) is 3.25. The van der Waals surface area contributed by atoms with E-state index in [4.69, 9.17) is 4.74 Å². The van der Waals surface area contributed by atoms with Crippen LogP contribution in [0.15, 0.2) is 12.7 Å². The SMILES string of the molecule is Cl.Cl.O=C(CCC1CCNCC1)N1CCOC(Cn2cncn2)C1. The minimum absolute atomic E-state index is 0. The Kier molecular flexibility index (Phi) is 9.58. The zero-order valence-electron chi connectivity index (χ0n) is 13.8. The number of carbonyl (C=O) groups is 1. The molecule has 1 unspecified atom stereocenters. The quantitative estimate of drug-likeness (QED) is 0.829. The van der Waals surface area contributed by atoms with Gasteiger partial charge >= 0.3 is 0 Å². The molecule has 2 saturated heterocycles. The number of amides is 1. The van der Waals surface area contributed by atoms with Crippen LogP contribution in [0.25, 0.3) is 0 Å². The summed E-state index contributed by atoms with van der Waals surface area (Å²) in [5, 5.41) is 7.46. The Hall–Kier alpha value is -0.890. The minimum atomic E-state index is 0. The number of carbonyl (C=O) groups excluding carboxylic acids is 1. The van der Waals surface area contributed by atoms with Gasteiger partial charge in [0.1, 0.15) is 12.7 Å².